The van der Waals surface area contributed by atoms with Crippen molar-refractivity contribution in [2.24, 2.45) is 0 Å². The first kappa shape index (κ1) is 16.6. The molecule has 0 radical (unpaired) electrons. The first-order valence-electron chi connectivity index (χ1n) is 9.70. The van der Waals surface area contributed by atoms with Crippen LogP contribution >= 0.6 is 0 Å². The van der Waals surface area contributed by atoms with E-state index in [2.05, 4.69) is 15.5 Å². The molecule has 25 heavy (non-hydrogen) atoms. The van der Waals surface area contributed by atoms with Gasteiger partial charge in [0.05, 0.1) is 6.04 Å². The van der Waals surface area contributed by atoms with Crippen LogP contribution in [0.1, 0.15) is 56.9 Å². The first-order chi connectivity index (χ1) is 12.2. The largest absolute Gasteiger partial charge is 0.326 e. The van der Waals surface area contributed by atoms with Gasteiger partial charge in [-0.3, -0.25) is 14.5 Å². The highest BCUT2D eigenvalue weighted by molar-refractivity contribution is 5.98. The maximum Gasteiger partial charge on any atom is 0.241 e. The van der Waals surface area contributed by atoms with Crippen LogP contribution in [0.5, 0.6) is 0 Å². The molecule has 1 atom stereocenters. The normalized spacial score (nSPS) is 24.6. The summed E-state index contributed by atoms with van der Waals surface area (Å²) in [6.45, 7) is 1.04. The number of nitrogens with one attached hydrogen (secondary N) is 2. The number of hydrogen-bond acceptors (Lipinski definition) is 3. The van der Waals surface area contributed by atoms with Gasteiger partial charge in [0, 0.05) is 23.8 Å². The summed E-state index contributed by atoms with van der Waals surface area (Å²) in [5.41, 5.74) is 2.76. The number of benzene rings is 1. The molecular weight excluding hydrogens is 314 g/mol. The molecule has 2 aliphatic heterocycles. The lowest BCUT2D eigenvalue weighted by Crippen LogP contribution is -2.51. The molecule has 134 valence electrons. The molecule has 2 heterocycles. The highest BCUT2D eigenvalue weighted by atomic mass is 16.2. The van der Waals surface area contributed by atoms with Crippen LogP contribution in [0.25, 0.3) is 0 Å². The van der Waals surface area contributed by atoms with Crippen molar-refractivity contribution in [1.82, 2.24) is 4.90 Å². The highest BCUT2D eigenvalue weighted by Crippen LogP contribution is 2.31. The van der Waals surface area contributed by atoms with E-state index in [1.54, 1.807) is 0 Å². The van der Waals surface area contributed by atoms with Gasteiger partial charge in [0.1, 0.15) is 0 Å². The van der Waals surface area contributed by atoms with E-state index in [-0.39, 0.29) is 17.9 Å². The minimum Gasteiger partial charge on any atom is -0.326 e. The second-order valence-corrected chi connectivity index (χ2v) is 7.60. The molecule has 2 fully saturated rings. The predicted molar refractivity (Wildman–Crippen MR) is 98.6 cm³/mol. The van der Waals surface area contributed by atoms with Gasteiger partial charge in [0.2, 0.25) is 11.8 Å². The summed E-state index contributed by atoms with van der Waals surface area (Å²) in [6.07, 6.45) is 9.63. The van der Waals surface area contributed by atoms with E-state index in [0.29, 0.717) is 12.5 Å². The molecule has 5 heteroatoms. The minimum atomic E-state index is -0.0116. The summed E-state index contributed by atoms with van der Waals surface area (Å²) >= 11 is 0. The molecule has 2 amide bonds. The van der Waals surface area contributed by atoms with Crippen LogP contribution in [0, 0.1) is 0 Å². The van der Waals surface area contributed by atoms with E-state index in [1.807, 2.05) is 18.2 Å². The average Bonchev–Trinajstić information content (AvgIpc) is 3.16. The number of anilines is 2. The van der Waals surface area contributed by atoms with Crippen molar-refractivity contribution in [3.05, 3.63) is 23.8 Å². The number of aryl methyl sites for hydroxylation is 1. The smallest absolute Gasteiger partial charge is 0.241 e. The lowest BCUT2D eigenvalue weighted by atomic mass is 9.98. The van der Waals surface area contributed by atoms with Crippen LogP contribution < -0.4 is 10.6 Å². The summed E-state index contributed by atoms with van der Waals surface area (Å²) < 4.78 is 0. The van der Waals surface area contributed by atoms with Gasteiger partial charge in [-0.2, -0.15) is 0 Å². The third kappa shape index (κ3) is 3.56. The molecule has 1 aromatic carbocycles. The van der Waals surface area contributed by atoms with Crippen molar-refractivity contribution < 1.29 is 9.59 Å². The number of carbonyl (C=O) groups is 2. The van der Waals surface area contributed by atoms with E-state index in [1.165, 1.54) is 32.1 Å². The molecule has 2 N–H and O–H groups in total. The number of fused-ring (bicyclic) bond motifs is 1. The van der Waals surface area contributed by atoms with Crippen LogP contribution in [0.2, 0.25) is 0 Å². The number of nitrogens with zero attached hydrogens (tertiary/aromatic N) is 1. The Morgan fingerprint density at radius 1 is 1.08 bits per heavy atom. The van der Waals surface area contributed by atoms with Crippen LogP contribution in [-0.2, 0) is 16.0 Å². The average molecular weight is 341 g/mol. The van der Waals surface area contributed by atoms with Crippen molar-refractivity contribution in [2.45, 2.75) is 69.9 Å². The van der Waals surface area contributed by atoms with Crippen LogP contribution in [-0.4, -0.2) is 35.3 Å². The standard InChI is InChI=1S/C20H27N3O2/c24-19-11-9-14-8-10-15(13-17(14)22-19)21-20(25)18-7-3-4-12-23(18)16-5-1-2-6-16/h8,10,13,16,18H,1-7,9,11-12H2,(H,21,25)(H,22,24). The maximum absolute atomic E-state index is 12.9. The van der Waals surface area contributed by atoms with Gasteiger partial charge in [-0.1, -0.05) is 25.3 Å². The van der Waals surface area contributed by atoms with E-state index in [4.69, 9.17) is 0 Å². The van der Waals surface area contributed by atoms with Gasteiger partial charge < -0.3 is 10.6 Å². The molecule has 5 nitrogen and oxygen atoms in total. The van der Waals surface area contributed by atoms with E-state index in [0.717, 1.165) is 42.7 Å². The fraction of sp³-hybridized carbons (Fsp3) is 0.600. The lowest BCUT2D eigenvalue weighted by Gasteiger charge is -2.39. The Morgan fingerprint density at radius 3 is 2.72 bits per heavy atom. The second-order valence-electron chi connectivity index (χ2n) is 7.60. The number of hydrogen-bond donors (Lipinski definition) is 2. The van der Waals surface area contributed by atoms with Crippen molar-refractivity contribution >= 4 is 23.2 Å². The number of carbonyl (C=O) groups excluding carboxylic acids is 2. The Bertz CT molecular complexity index is 667. The minimum absolute atomic E-state index is 0.0116. The van der Waals surface area contributed by atoms with E-state index >= 15 is 0 Å². The van der Waals surface area contributed by atoms with Crippen LogP contribution in [0.15, 0.2) is 18.2 Å². The molecule has 0 aromatic heterocycles. The highest BCUT2D eigenvalue weighted by Gasteiger charge is 2.34. The van der Waals surface area contributed by atoms with Crippen molar-refractivity contribution in [1.29, 1.82) is 0 Å². The Hall–Kier alpha value is -1.88. The van der Waals surface area contributed by atoms with Crippen molar-refractivity contribution in [3.63, 3.8) is 0 Å². The zero-order chi connectivity index (χ0) is 17.2. The summed E-state index contributed by atoms with van der Waals surface area (Å²) in [7, 11) is 0. The number of piperidine rings is 1. The van der Waals surface area contributed by atoms with Crippen molar-refractivity contribution in [2.75, 3.05) is 17.2 Å². The first-order valence-corrected chi connectivity index (χ1v) is 9.70. The predicted octanol–water partition coefficient (Wildman–Crippen LogP) is 3.31. The summed E-state index contributed by atoms with van der Waals surface area (Å²) in [5, 5.41) is 6.00. The molecule has 4 rings (SSSR count). The molecule has 1 aliphatic carbocycles. The van der Waals surface area contributed by atoms with Gasteiger partial charge in [-0.25, -0.2) is 0 Å². The Kier molecular flexibility index (Phi) is 4.75. The topological polar surface area (TPSA) is 61.4 Å². The maximum atomic E-state index is 12.9. The van der Waals surface area contributed by atoms with Crippen molar-refractivity contribution in [3.8, 4) is 0 Å². The molecule has 0 bridgehead atoms. The molecule has 1 saturated heterocycles. The van der Waals surface area contributed by atoms with Crippen LogP contribution in [0.3, 0.4) is 0 Å². The van der Waals surface area contributed by atoms with Gasteiger partial charge in [-0.05, 0) is 56.3 Å². The lowest BCUT2D eigenvalue weighted by molar-refractivity contribution is -0.123. The molecule has 3 aliphatic rings. The number of likely N-dealkylation sites (tertiary alicyclic amines) is 1. The Morgan fingerprint density at radius 2 is 1.88 bits per heavy atom. The summed E-state index contributed by atoms with van der Waals surface area (Å²) in [4.78, 5) is 27.0. The molecule has 1 saturated carbocycles. The summed E-state index contributed by atoms with van der Waals surface area (Å²) in [6, 6.07) is 6.44. The molecule has 0 spiro atoms. The van der Waals surface area contributed by atoms with Gasteiger partial charge in [-0.15, -0.1) is 0 Å². The fourth-order valence-electron chi connectivity index (χ4n) is 4.58. The SMILES string of the molecule is O=C1CCc2ccc(NC(=O)C3CCCCN3C3CCCC3)cc2N1. The van der Waals surface area contributed by atoms with Crippen LogP contribution in [0.4, 0.5) is 11.4 Å². The molecule has 1 aromatic rings. The van der Waals surface area contributed by atoms with E-state index < -0.39 is 0 Å². The van der Waals surface area contributed by atoms with Gasteiger partial charge in [0.25, 0.3) is 0 Å². The number of rotatable bonds is 3. The monoisotopic (exact) mass is 341 g/mol. The Balaban J connectivity index is 1.47. The zero-order valence-electron chi connectivity index (χ0n) is 14.7. The fourth-order valence-corrected chi connectivity index (χ4v) is 4.58. The van der Waals surface area contributed by atoms with Gasteiger partial charge in [0.15, 0.2) is 0 Å². The zero-order valence-corrected chi connectivity index (χ0v) is 14.7. The van der Waals surface area contributed by atoms with Gasteiger partial charge >= 0.3 is 0 Å². The summed E-state index contributed by atoms with van der Waals surface area (Å²) in [5.74, 6) is 0.157. The third-order valence-corrected chi connectivity index (χ3v) is 5.91. The third-order valence-electron chi connectivity index (χ3n) is 5.91. The van der Waals surface area contributed by atoms with E-state index in [9.17, 15) is 9.59 Å². The Labute approximate surface area is 149 Å². The molecular formula is C20H27N3O2. The molecule has 1 unspecified atom stereocenters. The second kappa shape index (κ2) is 7.16. The quantitative estimate of drug-likeness (QED) is 0.887. The number of amides is 2.